The number of fused-ring (bicyclic) bond motifs is 1. The summed E-state index contributed by atoms with van der Waals surface area (Å²) < 4.78 is 5.63. The summed E-state index contributed by atoms with van der Waals surface area (Å²) in [6.07, 6.45) is 4.57. The van der Waals surface area contributed by atoms with Gasteiger partial charge in [0.15, 0.2) is 0 Å². The van der Waals surface area contributed by atoms with Crippen molar-refractivity contribution in [1.29, 1.82) is 0 Å². The van der Waals surface area contributed by atoms with Gasteiger partial charge >= 0.3 is 0 Å². The third-order valence-corrected chi connectivity index (χ3v) is 7.45. The van der Waals surface area contributed by atoms with Gasteiger partial charge in [0.05, 0.1) is 7.11 Å². The lowest BCUT2D eigenvalue weighted by atomic mass is 9.81. The van der Waals surface area contributed by atoms with Gasteiger partial charge in [0.25, 0.3) is 0 Å². The van der Waals surface area contributed by atoms with E-state index in [9.17, 15) is 5.11 Å². The van der Waals surface area contributed by atoms with Gasteiger partial charge in [0, 0.05) is 12.0 Å². The normalized spacial score (nSPS) is 17.4. The third kappa shape index (κ3) is 3.88. The number of aliphatic hydroxyl groups is 1. The molecule has 2 nitrogen and oxygen atoms in total. The predicted molar refractivity (Wildman–Crippen MR) is 136 cm³/mol. The van der Waals surface area contributed by atoms with Gasteiger partial charge in [-0.3, -0.25) is 0 Å². The lowest BCUT2D eigenvalue weighted by Gasteiger charge is -2.31. The summed E-state index contributed by atoms with van der Waals surface area (Å²) in [5.74, 6) is 0.864. The molecule has 1 aliphatic rings. The van der Waals surface area contributed by atoms with Crippen LogP contribution in [0.4, 0.5) is 0 Å². The molecule has 2 unspecified atom stereocenters. The Balaban J connectivity index is 1.55. The largest absolute Gasteiger partial charge is 0.496 e. The summed E-state index contributed by atoms with van der Waals surface area (Å²) in [7, 11) is 2.12. The van der Waals surface area contributed by atoms with Crippen LogP contribution in [0.1, 0.15) is 16.7 Å². The topological polar surface area (TPSA) is 29.5 Å². The standard InChI is InChI=1S/C29H25O2P/c1-31-26-15-7-4-12-23(26)24-13-5-8-16-27(24)32-28-17-9-6-14-25(28)29(30)19-18-21-10-2-3-11-22(21)20-29/h2-19,30,32H,20H2,1H3. The summed E-state index contributed by atoms with van der Waals surface area (Å²) in [5.41, 5.74) is 4.55. The molecule has 0 fully saturated rings. The van der Waals surface area contributed by atoms with E-state index in [1.807, 2.05) is 48.6 Å². The van der Waals surface area contributed by atoms with E-state index in [-0.39, 0.29) is 0 Å². The molecule has 0 amide bonds. The predicted octanol–water partition coefficient (Wildman–Crippen LogP) is 5.45. The zero-order valence-corrected chi connectivity index (χ0v) is 19.0. The highest BCUT2D eigenvalue weighted by Crippen LogP contribution is 2.36. The molecule has 32 heavy (non-hydrogen) atoms. The molecule has 4 aromatic rings. The Morgan fingerprint density at radius 1 is 0.750 bits per heavy atom. The van der Waals surface area contributed by atoms with Crippen LogP contribution in [0.2, 0.25) is 0 Å². The quantitative estimate of drug-likeness (QED) is 0.422. The van der Waals surface area contributed by atoms with Crippen LogP contribution in [0.25, 0.3) is 17.2 Å². The maximum absolute atomic E-state index is 11.7. The van der Waals surface area contributed by atoms with Crippen LogP contribution in [0.5, 0.6) is 5.75 Å². The third-order valence-electron chi connectivity index (χ3n) is 6.04. The van der Waals surface area contributed by atoms with Crippen molar-refractivity contribution in [1.82, 2.24) is 0 Å². The Morgan fingerprint density at radius 2 is 1.41 bits per heavy atom. The van der Waals surface area contributed by atoms with Crippen LogP contribution in [0.3, 0.4) is 0 Å². The molecule has 3 heteroatoms. The minimum Gasteiger partial charge on any atom is -0.496 e. The highest BCUT2D eigenvalue weighted by atomic mass is 31.1. The average molecular weight is 436 g/mol. The number of hydrogen-bond acceptors (Lipinski definition) is 2. The molecular formula is C29H25O2P. The molecule has 0 spiro atoms. The van der Waals surface area contributed by atoms with Crippen molar-refractivity contribution in [2.45, 2.75) is 12.0 Å². The first-order valence-electron chi connectivity index (χ1n) is 10.8. The number of rotatable bonds is 5. The first-order chi connectivity index (χ1) is 15.7. The minimum absolute atomic E-state index is 0.406. The molecule has 0 bridgehead atoms. The SMILES string of the molecule is COc1ccccc1-c1ccccc1Pc1ccccc1C1(O)C=Cc2ccccc2C1. The van der Waals surface area contributed by atoms with Crippen molar-refractivity contribution in [3.05, 3.63) is 120 Å². The summed E-state index contributed by atoms with van der Waals surface area (Å²) in [6.45, 7) is 0. The highest BCUT2D eigenvalue weighted by molar-refractivity contribution is 7.56. The van der Waals surface area contributed by atoms with Crippen molar-refractivity contribution in [3.8, 4) is 16.9 Å². The fourth-order valence-electron chi connectivity index (χ4n) is 4.43. The van der Waals surface area contributed by atoms with E-state index >= 15 is 0 Å². The molecule has 5 rings (SSSR count). The van der Waals surface area contributed by atoms with E-state index in [0.717, 1.165) is 27.7 Å². The summed E-state index contributed by atoms with van der Waals surface area (Å²) in [5, 5.41) is 14.1. The Morgan fingerprint density at radius 3 is 2.25 bits per heavy atom. The number of hydrogen-bond donors (Lipinski definition) is 1. The molecule has 0 saturated carbocycles. The highest BCUT2D eigenvalue weighted by Gasteiger charge is 2.32. The molecule has 2 atom stereocenters. The smallest absolute Gasteiger partial charge is 0.126 e. The van der Waals surface area contributed by atoms with Gasteiger partial charge < -0.3 is 9.84 Å². The first-order valence-corrected chi connectivity index (χ1v) is 11.8. The lowest BCUT2D eigenvalue weighted by Crippen LogP contribution is -2.33. The number of methoxy groups -OCH3 is 1. The number of para-hydroxylation sites is 1. The maximum atomic E-state index is 11.7. The minimum atomic E-state index is -1.02. The van der Waals surface area contributed by atoms with Crippen LogP contribution in [0, 0.1) is 0 Å². The van der Waals surface area contributed by atoms with E-state index in [1.165, 1.54) is 16.4 Å². The van der Waals surface area contributed by atoms with Gasteiger partial charge in [0.2, 0.25) is 0 Å². The van der Waals surface area contributed by atoms with E-state index in [1.54, 1.807) is 7.11 Å². The summed E-state index contributed by atoms with van der Waals surface area (Å²) in [4.78, 5) is 0. The van der Waals surface area contributed by atoms with E-state index in [2.05, 4.69) is 60.7 Å². The van der Waals surface area contributed by atoms with Crippen LogP contribution in [-0.2, 0) is 12.0 Å². The van der Waals surface area contributed by atoms with Gasteiger partial charge in [-0.25, -0.2) is 0 Å². The Kier molecular flexibility index (Phi) is 5.66. The van der Waals surface area contributed by atoms with Gasteiger partial charge in [-0.1, -0.05) is 106 Å². The first kappa shape index (κ1) is 20.7. The maximum Gasteiger partial charge on any atom is 0.126 e. The second kappa shape index (κ2) is 8.74. The molecule has 0 heterocycles. The van der Waals surface area contributed by atoms with E-state index in [4.69, 9.17) is 4.74 Å². The zero-order chi connectivity index (χ0) is 22.0. The van der Waals surface area contributed by atoms with Gasteiger partial charge in [-0.05, 0) is 45.0 Å². The van der Waals surface area contributed by atoms with Gasteiger partial charge in [-0.15, -0.1) is 0 Å². The van der Waals surface area contributed by atoms with Crippen LogP contribution < -0.4 is 15.3 Å². The summed E-state index contributed by atoms with van der Waals surface area (Å²) >= 11 is 0. The molecule has 0 radical (unpaired) electrons. The number of benzene rings is 4. The Bertz CT molecular complexity index is 1290. The van der Waals surface area contributed by atoms with Crippen molar-refractivity contribution in [2.75, 3.05) is 7.11 Å². The molecule has 158 valence electrons. The molecule has 0 saturated heterocycles. The summed E-state index contributed by atoms with van der Waals surface area (Å²) in [6, 6.07) is 33.1. The molecular weight excluding hydrogens is 411 g/mol. The molecule has 1 N–H and O–H groups in total. The van der Waals surface area contributed by atoms with Crippen molar-refractivity contribution >= 4 is 25.3 Å². The monoisotopic (exact) mass is 436 g/mol. The lowest BCUT2D eigenvalue weighted by molar-refractivity contribution is 0.0904. The molecule has 0 aromatic heterocycles. The van der Waals surface area contributed by atoms with Crippen molar-refractivity contribution < 1.29 is 9.84 Å². The van der Waals surface area contributed by atoms with E-state index < -0.39 is 5.60 Å². The van der Waals surface area contributed by atoms with Crippen LogP contribution >= 0.6 is 8.58 Å². The second-order valence-electron chi connectivity index (χ2n) is 8.05. The number of ether oxygens (including phenoxy) is 1. The zero-order valence-electron chi connectivity index (χ0n) is 18.0. The Labute approximate surface area is 191 Å². The fourth-order valence-corrected chi connectivity index (χ4v) is 5.86. The van der Waals surface area contributed by atoms with Crippen molar-refractivity contribution in [3.63, 3.8) is 0 Å². The average Bonchev–Trinajstić information content (AvgIpc) is 2.84. The molecule has 0 aliphatic heterocycles. The molecule has 1 aliphatic carbocycles. The van der Waals surface area contributed by atoms with Gasteiger partial charge in [-0.2, -0.15) is 0 Å². The Hall–Kier alpha value is -3.19. The van der Waals surface area contributed by atoms with Gasteiger partial charge in [0.1, 0.15) is 11.4 Å². The van der Waals surface area contributed by atoms with Crippen LogP contribution in [0.15, 0.2) is 103 Å². The van der Waals surface area contributed by atoms with Crippen molar-refractivity contribution in [2.24, 2.45) is 0 Å². The van der Waals surface area contributed by atoms with E-state index in [0.29, 0.717) is 15.0 Å². The van der Waals surface area contributed by atoms with Crippen LogP contribution in [-0.4, -0.2) is 12.2 Å². The second-order valence-corrected chi connectivity index (χ2v) is 9.38. The fraction of sp³-hybridized carbons (Fsp3) is 0.103. The molecule has 4 aromatic carbocycles.